The number of hydrogen-bond acceptors (Lipinski definition) is 2. The highest BCUT2D eigenvalue weighted by Crippen LogP contribution is 2.33. The molecule has 2 rings (SSSR count). The molecule has 1 saturated carbocycles. The third kappa shape index (κ3) is 3.39. The lowest BCUT2D eigenvalue weighted by Gasteiger charge is -2.28. The van der Waals surface area contributed by atoms with Crippen LogP contribution in [0.3, 0.4) is 0 Å². The fourth-order valence-corrected chi connectivity index (χ4v) is 2.77. The molecular weight excluding hydrogens is 246 g/mol. The topological polar surface area (TPSA) is 21.3 Å². The molecule has 0 radical (unpaired) electrons. The Morgan fingerprint density at radius 3 is 2.67 bits per heavy atom. The van der Waals surface area contributed by atoms with Gasteiger partial charge in [-0.25, -0.2) is 0 Å². The Balaban J connectivity index is 2.07. The van der Waals surface area contributed by atoms with Crippen molar-refractivity contribution in [2.75, 3.05) is 7.05 Å². The van der Waals surface area contributed by atoms with Gasteiger partial charge in [-0.2, -0.15) is 0 Å². The SMILES string of the molecule is CNCc1cccc(Cl)c1OC1CCC(C)CC1. The molecule has 0 unspecified atom stereocenters. The normalized spacial score (nSPS) is 23.9. The molecule has 100 valence electrons. The first kappa shape index (κ1) is 13.7. The van der Waals surface area contributed by atoms with Gasteiger partial charge in [0.2, 0.25) is 0 Å². The Kier molecular flexibility index (Phi) is 4.90. The van der Waals surface area contributed by atoms with E-state index in [2.05, 4.69) is 18.3 Å². The summed E-state index contributed by atoms with van der Waals surface area (Å²) in [5.41, 5.74) is 1.14. The van der Waals surface area contributed by atoms with Crippen molar-refractivity contribution in [3.05, 3.63) is 28.8 Å². The maximum atomic E-state index is 6.26. The molecule has 1 aromatic rings. The molecule has 0 heterocycles. The van der Waals surface area contributed by atoms with Gasteiger partial charge in [0, 0.05) is 12.1 Å². The minimum absolute atomic E-state index is 0.330. The van der Waals surface area contributed by atoms with Crippen LogP contribution in [-0.4, -0.2) is 13.2 Å². The zero-order valence-corrected chi connectivity index (χ0v) is 12.0. The minimum Gasteiger partial charge on any atom is -0.489 e. The molecule has 0 aliphatic heterocycles. The molecule has 0 atom stereocenters. The summed E-state index contributed by atoms with van der Waals surface area (Å²) in [6.07, 6.45) is 5.14. The number of halogens is 1. The van der Waals surface area contributed by atoms with Crippen LogP contribution < -0.4 is 10.1 Å². The summed E-state index contributed by atoms with van der Waals surface area (Å²) < 4.78 is 6.15. The number of benzene rings is 1. The van der Waals surface area contributed by atoms with E-state index in [4.69, 9.17) is 16.3 Å². The molecule has 1 aliphatic rings. The van der Waals surface area contributed by atoms with Crippen LogP contribution >= 0.6 is 11.6 Å². The summed E-state index contributed by atoms with van der Waals surface area (Å²) >= 11 is 6.26. The third-order valence-corrected chi connectivity index (χ3v) is 3.96. The maximum Gasteiger partial charge on any atom is 0.142 e. The average molecular weight is 268 g/mol. The van der Waals surface area contributed by atoms with Gasteiger partial charge in [-0.15, -0.1) is 0 Å². The lowest BCUT2D eigenvalue weighted by molar-refractivity contribution is 0.134. The van der Waals surface area contributed by atoms with Gasteiger partial charge in [-0.05, 0) is 44.7 Å². The first-order valence-electron chi connectivity index (χ1n) is 6.79. The lowest BCUT2D eigenvalue weighted by Crippen LogP contribution is -2.24. The van der Waals surface area contributed by atoms with Gasteiger partial charge in [0.05, 0.1) is 11.1 Å². The number of nitrogens with one attached hydrogen (secondary N) is 1. The van der Waals surface area contributed by atoms with E-state index in [1.54, 1.807) is 0 Å². The van der Waals surface area contributed by atoms with Gasteiger partial charge in [-0.1, -0.05) is 30.7 Å². The molecule has 18 heavy (non-hydrogen) atoms. The van der Waals surface area contributed by atoms with E-state index in [-0.39, 0.29) is 0 Å². The second-order valence-electron chi connectivity index (χ2n) is 5.26. The summed E-state index contributed by atoms with van der Waals surface area (Å²) in [5.74, 6) is 1.71. The zero-order valence-electron chi connectivity index (χ0n) is 11.2. The van der Waals surface area contributed by atoms with Crippen molar-refractivity contribution in [3.63, 3.8) is 0 Å². The molecule has 0 spiro atoms. The second kappa shape index (κ2) is 6.44. The van der Waals surface area contributed by atoms with E-state index in [1.165, 1.54) is 12.8 Å². The van der Waals surface area contributed by atoms with E-state index in [9.17, 15) is 0 Å². The van der Waals surface area contributed by atoms with Gasteiger partial charge in [0.1, 0.15) is 5.75 Å². The Bertz CT molecular complexity index is 386. The molecular formula is C15H22ClNO. The second-order valence-corrected chi connectivity index (χ2v) is 5.67. The Hall–Kier alpha value is -0.730. The Labute approximate surface area is 115 Å². The minimum atomic E-state index is 0.330. The molecule has 1 aromatic carbocycles. The van der Waals surface area contributed by atoms with Gasteiger partial charge in [-0.3, -0.25) is 0 Å². The van der Waals surface area contributed by atoms with Crippen LogP contribution in [0.1, 0.15) is 38.2 Å². The molecule has 1 fully saturated rings. The standard InChI is InChI=1S/C15H22ClNO/c1-11-6-8-13(9-7-11)18-15-12(10-17-2)4-3-5-14(15)16/h3-5,11,13,17H,6-10H2,1-2H3. The summed E-state index contributed by atoms with van der Waals surface area (Å²) in [5, 5.41) is 3.88. The van der Waals surface area contributed by atoms with Crippen LogP contribution in [0.5, 0.6) is 5.75 Å². The Morgan fingerprint density at radius 2 is 2.00 bits per heavy atom. The highest BCUT2D eigenvalue weighted by molar-refractivity contribution is 6.32. The fraction of sp³-hybridized carbons (Fsp3) is 0.600. The quantitative estimate of drug-likeness (QED) is 0.890. The van der Waals surface area contributed by atoms with Crippen LogP contribution in [0.4, 0.5) is 0 Å². The highest BCUT2D eigenvalue weighted by Gasteiger charge is 2.21. The maximum absolute atomic E-state index is 6.26. The van der Waals surface area contributed by atoms with Crippen LogP contribution in [0.15, 0.2) is 18.2 Å². The van der Waals surface area contributed by atoms with E-state index < -0.39 is 0 Å². The van der Waals surface area contributed by atoms with Crippen molar-refractivity contribution in [2.45, 2.75) is 45.3 Å². The van der Waals surface area contributed by atoms with Gasteiger partial charge < -0.3 is 10.1 Å². The summed E-state index contributed by atoms with van der Waals surface area (Å²) in [6, 6.07) is 5.95. The van der Waals surface area contributed by atoms with Gasteiger partial charge >= 0.3 is 0 Å². The van der Waals surface area contributed by atoms with Gasteiger partial charge in [0.15, 0.2) is 0 Å². The predicted octanol–water partition coefficient (Wildman–Crippen LogP) is 4.02. The Morgan fingerprint density at radius 1 is 1.28 bits per heavy atom. The van der Waals surface area contributed by atoms with Crippen LogP contribution in [0.2, 0.25) is 5.02 Å². The van der Waals surface area contributed by atoms with E-state index in [0.29, 0.717) is 6.10 Å². The number of para-hydroxylation sites is 1. The lowest BCUT2D eigenvalue weighted by atomic mass is 9.89. The average Bonchev–Trinajstić information content (AvgIpc) is 2.36. The monoisotopic (exact) mass is 267 g/mol. The van der Waals surface area contributed by atoms with Crippen molar-refractivity contribution in [1.82, 2.24) is 5.32 Å². The summed E-state index contributed by atoms with van der Waals surface area (Å²) in [6.45, 7) is 3.11. The van der Waals surface area contributed by atoms with Crippen molar-refractivity contribution >= 4 is 11.6 Å². The molecule has 0 saturated heterocycles. The molecule has 0 amide bonds. The molecule has 1 N–H and O–H groups in total. The first-order chi connectivity index (χ1) is 8.70. The van der Waals surface area contributed by atoms with Crippen molar-refractivity contribution in [3.8, 4) is 5.75 Å². The highest BCUT2D eigenvalue weighted by atomic mass is 35.5. The molecule has 0 aromatic heterocycles. The number of rotatable bonds is 4. The number of ether oxygens (including phenoxy) is 1. The predicted molar refractivity (Wildman–Crippen MR) is 76.3 cm³/mol. The summed E-state index contributed by atoms with van der Waals surface area (Å²) in [4.78, 5) is 0. The van der Waals surface area contributed by atoms with E-state index in [0.717, 1.165) is 41.6 Å². The summed E-state index contributed by atoms with van der Waals surface area (Å²) in [7, 11) is 1.94. The zero-order chi connectivity index (χ0) is 13.0. The molecule has 3 heteroatoms. The third-order valence-electron chi connectivity index (χ3n) is 3.66. The van der Waals surface area contributed by atoms with Crippen molar-refractivity contribution < 1.29 is 4.74 Å². The molecule has 2 nitrogen and oxygen atoms in total. The molecule has 1 aliphatic carbocycles. The smallest absolute Gasteiger partial charge is 0.142 e. The largest absolute Gasteiger partial charge is 0.489 e. The van der Waals surface area contributed by atoms with Crippen LogP contribution in [0, 0.1) is 5.92 Å². The van der Waals surface area contributed by atoms with Crippen molar-refractivity contribution in [1.29, 1.82) is 0 Å². The molecule has 0 bridgehead atoms. The van der Waals surface area contributed by atoms with Crippen LogP contribution in [0.25, 0.3) is 0 Å². The fourth-order valence-electron chi connectivity index (χ4n) is 2.53. The first-order valence-corrected chi connectivity index (χ1v) is 7.17. The van der Waals surface area contributed by atoms with E-state index >= 15 is 0 Å². The van der Waals surface area contributed by atoms with Gasteiger partial charge in [0.25, 0.3) is 0 Å². The van der Waals surface area contributed by atoms with E-state index in [1.807, 2.05) is 19.2 Å². The van der Waals surface area contributed by atoms with Crippen molar-refractivity contribution in [2.24, 2.45) is 5.92 Å². The number of hydrogen-bond donors (Lipinski definition) is 1. The van der Waals surface area contributed by atoms with Crippen LogP contribution in [-0.2, 0) is 6.54 Å².